The molecular weight excluding hydrogens is 360 g/mol. The molecule has 0 heterocycles. The van der Waals surface area contributed by atoms with Crippen LogP contribution in [0.2, 0.25) is 0 Å². The second-order valence-electron chi connectivity index (χ2n) is 6.18. The summed E-state index contributed by atoms with van der Waals surface area (Å²) in [6, 6.07) is 15.9. The Balaban J connectivity index is 1.93. The van der Waals surface area contributed by atoms with Crippen LogP contribution in [0.15, 0.2) is 53.4 Å². The molecule has 3 N–H and O–H groups in total. The number of likely N-dealkylation sites (N-methyl/N-ethyl adjacent to an activating group) is 1. The first-order valence-electron chi connectivity index (χ1n) is 8.50. The van der Waals surface area contributed by atoms with Crippen LogP contribution in [0.25, 0.3) is 0 Å². The molecule has 0 radical (unpaired) electrons. The van der Waals surface area contributed by atoms with Crippen LogP contribution in [0.4, 0.5) is 11.4 Å². The molecule has 0 spiro atoms. The first-order chi connectivity index (χ1) is 12.9. The van der Waals surface area contributed by atoms with Crippen LogP contribution in [0, 0.1) is 11.3 Å². The first kappa shape index (κ1) is 20.5. The fraction of sp³-hybridized carbons (Fsp3) is 0.250. The minimum atomic E-state index is -0.433. The van der Waals surface area contributed by atoms with Crippen LogP contribution in [0.3, 0.4) is 0 Å². The standard InChI is InChI=1S/C20H22N4O2S/c1-14(20(26)22-16-8-6-7-15(11-16)12-21)24(2)13-19(25)23-17-9-4-5-10-18(17)27-3/h4-11,14H,13H2,1-3H3,(H,22,26)(H,23,25)/p+1/t14-/m0/s1. The number of hydrogen-bond donors (Lipinski definition) is 3. The second-order valence-corrected chi connectivity index (χ2v) is 7.02. The van der Waals surface area contributed by atoms with Crippen molar-refractivity contribution in [2.75, 3.05) is 30.5 Å². The maximum Gasteiger partial charge on any atom is 0.282 e. The van der Waals surface area contributed by atoms with Gasteiger partial charge in [-0.2, -0.15) is 5.26 Å². The first-order valence-corrected chi connectivity index (χ1v) is 9.73. The summed E-state index contributed by atoms with van der Waals surface area (Å²) in [7, 11) is 1.80. The molecule has 0 aliphatic heterocycles. The van der Waals surface area contributed by atoms with Crippen molar-refractivity contribution in [1.29, 1.82) is 5.26 Å². The lowest BCUT2D eigenvalue weighted by Crippen LogP contribution is -3.14. The van der Waals surface area contributed by atoms with E-state index in [0.29, 0.717) is 11.3 Å². The predicted molar refractivity (Wildman–Crippen MR) is 108 cm³/mol. The number of nitrogens with one attached hydrogen (secondary N) is 3. The van der Waals surface area contributed by atoms with Crippen LogP contribution in [-0.2, 0) is 9.59 Å². The third-order valence-electron chi connectivity index (χ3n) is 4.21. The molecular formula is C20H23N4O2S+. The fourth-order valence-electron chi connectivity index (χ4n) is 2.49. The molecule has 0 fully saturated rings. The van der Waals surface area contributed by atoms with Gasteiger partial charge in [0.15, 0.2) is 12.6 Å². The van der Waals surface area contributed by atoms with E-state index in [1.54, 1.807) is 50.0 Å². The van der Waals surface area contributed by atoms with Gasteiger partial charge in [0.2, 0.25) is 0 Å². The Hall–Kier alpha value is -2.82. The molecule has 140 valence electrons. The SMILES string of the molecule is CSc1ccccc1NC(=O)C[NH+](C)[C@@H](C)C(=O)Nc1cccc(C#N)c1. The predicted octanol–water partition coefficient (Wildman–Crippen LogP) is 1.76. The van der Waals surface area contributed by atoms with Gasteiger partial charge in [-0.15, -0.1) is 11.8 Å². The van der Waals surface area contributed by atoms with Gasteiger partial charge in [-0.3, -0.25) is 9.59 Å². The van der Waals surface area contributed by atoms with Gasteiger partial charge in [0, 0.05) is 10.6 Å². The minimum Gasteiger partial charge on any atom is -0.321 e. The Kier molecular flexibility index (Phi) is 7.41. The summed E-state index contributed by atoms with van der Waals surface area (Å²) >= 11 is 1.56. The molecule has 27 heavy (non-hydrogen) atoms. The number of anilines is 2. The molecule has 2 aromatic carbocycles. The highest BCUT2D eigenvalue weighted by Gasteiger charge is 2.24. The van der Waals surface area contributed by atoms with E-state index in [2.05, 4.69) is 10.6 Å². The lowest BCUT2D eigenvalue weighted by atomic mass is 10.2. The molecule has 2 rings (SSSR count). The highest BCUT2D eigenvalue weighted by Crippen LogP contribution is 2.24. The molecule has 7 heteroatoms. The number of benzene rings is 2. The lowest BCUT2D eigenvalue weighted by molar-refractivity contribution is -0.885. The summed E-state index contributed by atoms with van der Waals surface area (Å²) in [5.74, 6) is -0.361. The summed E-state index contributed by atoms with van der Waals surface area (Å²) in [6.07, 6.45) is 1.95. The number of quaternary nitrogens is 1. The molecule has 0 aliphatic rings. The molecule has 6 nitrogen and oxygen atoms in total. The number of thioether (sulfide) groups is 1. The van der Waals surface area contributed by atoms with E-state index < -0.39 is 6.04 Å². The zero-order chi connectivity index (χ0) is 19.8. The number of amides is 2. The van der Waals surface area contributed by atoms with Crippen LogP contribution < -0.4 is 15.5 Å². The van der Waals surface area contributed by atoms with E-state index in [1.807, 2.05) is 36.6 Å². The van der Waals surface area contributed by atoms with Crippen molar-refractivity contribution in [3.05, 3.63) is 54.1 Å². The van der Waals surface area contributed by atoms with E-state index in [4.69, 9.17) is 5.26 Å². The number of para-hydroxylation sites is 1. The van der Waals surface area contributed by atoms with Crippen molar-refractivity contribution in [2.24, 2.45) is 0 Å². The van der Waals surface area contributed by atoms with E-state index in [0.717, 1.165) is 15.5 Å². The maximum absolute atomic E-state index is 12.4. The third kappa shape index (κ3) is 5.84. The molecule has 2 atom stereocenters. The summed E-state index contributed by atoms with van der Waals surface area (Å²) in [6.45, 7) is 1.93. The van der Waals surface area contributed by atoms with Crippen molar-refractivity contribution in [2.45, 2.75) is 17.9 Å². The number of carbonyl (C=O) groups is 2. The molecule has 2 aromatic rings. The molecule has 0 aliphatic carbocycles. The van der Waals surface area contributed by atoms with E-state index >= 15 is 0 Å². The minimum absolute atomic E-state index is 0.153. The average molecular weight is 383 g/mol. The van der Waals surface area contributed by atoms with Crippen molar-refractivity contribution >= 4 is 35.0 Å². The summed E-state index contributed by atoms with van der Waals surface area (Å²) in [5.41, 5.74) is 1.82. The Bertz CT molecular complexity index is 863. The zero-order valence-corrected chi connectivity index (χ0v) is 16.4. The Morgan fingerprint density at radius 1 is 1.19 bits per heavy atom. The zero-order valence-electron chi connectivity index (χ0n) is 15.6. The molecule has 0 aromatic heterocycles. The molecule has 1 unspecified atom stereocenters. The van der Waals surface area contributed by atoms with Gasteiger partial charge in [0.05, 0.1) is 24.4 Å². The fourth-order valence-corrected chi connectivity index (χ4v) is 3.04. The summed E-state index contributed by atoms with van der Waals surface area (Å²) in [5, 5.41) is 14.6. The molecule has 0 bridgehead atoms. The monoisotopic (exact) mass is 383 g/mol. The topological polar surface area (TPSA) is 86.4 Å². The van der Waals surface area contributed by atoms with Gasteiger partial charge in [-0.25, -0.2) is 0 Å². The van der Waals surface area contributed by atoms with Gasteiger partial charge in [-0.1, -0.05) is 18.2 Å². The maximum atomic E-state index is 12.4. The normalized spacial score (nSPS) is 12.5. The largest absolute Gasteiger partial charge is 0.321 e. The number of nitrogens with zero attached hydrogens (tertiary/aromatic N) is 1. The van der Waals surface area contributed by atoms with Crippen molar-refractivity contribution in [1.82, 2.24) is 0 Å². The van der Waals surface area contributed by atoms with Gasteiger partial charge >= 0.3 is 0 Å². The van der Waals surface area contributed by atoms with Gasteiger partial charge in [-0.05, 0) is 43.5 Å². The summed E-state index contributed by atoms with van der Waals surface area (Å²) < 4.78 is 0. The van der Waals surface area contributed by atoms with Crippen LogP contribution in [0.1, 0.15) is 12.5 Å². The smallest absolute Gasteiger partial charge is 0.282 e. The van der Waals surface area contributed by atoms with Crippen LogP contribution >= 0.6 is 11.8 Å². The summed E-state index contributed by atoms with van der Waals surface area (Å²) in [4.78, 5) is 26.6. The highest BCUT2D eigenvalue weighted by atomic mass is 32.2. The van der Waals surface area contributed by atoms with E-state index in [-0.39, 0.29) is 18.4 Å². The van der Waals surface area contributed by atoms with Gasteiger partial charge in [0.1, 0.15) is 0 Å². The van der Waals surface area contributed by atoms with Crippen LogP contribution in [0.5, 0.6) is 0 Å². The van der Waals surface area contributed by atoms with E-state index in [1.165, 1.54) is 0 Å². The van der Waals surface area contributed by atoms with Crippen LogP contribution in [-0.4, -0.2) is 37.7 Å². The molecule has 0 saturated heterocycles. The van der Waals surface area contributed by atoms with Crippen molar-refractivity contribution < 1.29 is 14.5 Å². The Morgan fingerprint density at radius 3 is 2.63 bits per heavy atom. The highest BCUT2D eigenvalue weighted by molar-refractivity contribution is 7.98. The average Bonchev–Trinajstić information content (AvgIpc) is 2.67. The number of nitriles is 1. The van der Waals surface area contributed by atoms with E-state index in [9.17, 15) is 9.59 Å². The Labute approximate surface area is 163 Å². The van der Waals surface area contributed by atoms with Crippen molar-refractivity contribution in [3.8, 4) is 6.07 Å². The number of hydrogen-bond acceptors (Lipinski definition) is 4. The number of carbonyl (C=O) groups excluding carboxylic acids is 2. The lowest BCUT2D eigenvalue weighted by Gasteiger charge is -2.21. The van der Waals surface area contributed by atoms with Gasteiger partial charge < -0.3 is 15.5 Å². The second kappa shape index (κ2) is 9.76. The number of rotatable bonds is 7. The quantitative estimate of drug-likeness (QED) is 0.636. The van der Waals surface area contributed by atoms with Crippen molar-refractivity contribution in [3.63, 3.8) is 0 Å². The third-order valence-corrected chi connectivity index (χ3v) is 5.01. The molecule has 2 amide bonds. The molecule has 0 saturated carbocycles. The van der Waals surface area contributed by atoms with Gasteiger partial charge in [0.25, 0.3) is 11.8 Å². The Morgan fingerprint density at radius 2 is 1.93 bits per heavy atom.